The van der Waals surface area contributed by atoms with Gasteiger partial charge in [-0.1, -0.05) is 39.0 Å². The lowest BCUT2D eigenvalue weighted by atomic mass is 10.1. The predicted molar refractivity (Wildman–Crippen MR) is 84.6 cm³/mol. The Labute approximate surface area is 130 Å². The standard InChI is InChI=1S/C18H23FO3/c1-3-4-5-6-7-8-9-15-11-13-10-14(18(20)21-2)12-16(19)17(13)22-15/h10-12H,3-9H2,1-2H3. The first-order chi connectivity index (χ1) is 10.7. The number of aryl methyl sites for hydroxylation is 1. The molecule has 0 fully saturated rings. The Balaban J connectivity index is 2.01. The molecule has 0 amide bonds. The number of esters is 1. The topological polar surface area (TPSA) is 39.4 Å². The quantitative estimate of drug-likeness (QED) is 0.493. The number of halogens is 1. The molecule has 22 heavy (non-hydrogen) atoms. The van der Waals surface area contributed by atoms with Crippen molar-refractivity contribution in [3.63, 3.8) is 0 Å². The monoisotopic (exact) mass is 306 g/mol. The second-order valence-electron chi connectivity index (χ2n) is 5.60. The Hall–Kier alpha value is -1.84. The van der Waals surface area contributed by atoms with Gasteiger partial charge < -0.3 is 9.15 Å². The average Bonchev–Trinajstić information content (AvgIpc) is 2.93. The van der Waals surface area contributed by atoms with Crippen LogP contribution < -0.4 is 0 Å². The molecule has 0 radical (unpaired) electrons. The van der Waals surface area contributed by atoms with Gasteiger partial charge in [0.25, 0.3) is 0 Å². The van der Waals surface area contributed by atoms with E-state index in [9.17, 15) is 9.18 Å². The molecule has 1 aromatic carbocycles. The zero-order valence-corrected chi connectivity index (χ0v) is 13.3. The third-order valence-corrected chi connectivity index (χ3v) is 3.82. The van der Waals surface area contributed by atoms with Crippen LogP contribution in [-0.2, 0) is 11.2 Å². The van der Waals surface area contributed by atoms with E-state index in [1.807, 2.05) is 6.07 Å². The van der Waals surface area contributed by atoms with Crippen LogP contribution in [0.3, 0.4) is 0 Å². The molecular weight excluding hydrogens is 283 g/mol. The molecule has 2 aromatic rings. The number of carbonyl (C=O) groups is 1. The maximum Gasteiger partial charge on any atom is 0.337 e. The second-order valence-corrected chi connectivity index (χ2v) is 5.60. The van der Waals surface area contributed by atoms with Gasteiger partial charge >= 0.3 is 5.97 Å². The third kappa shape index (κ3) is 4.09. The van der Waals surface area contributed by atoms with Crippen LogP contribution in [0.2, 0.25) is 0 Å². The summed E-state index contributed by atoms with van der Waals surface area (Å²) in [5, 5.41) is 0.612. The molecule has 0 spiro atoms. The molecule has 2 rings (SSSR count). The summed E-state index contributed by atoms with van der Waals surface area (Å²) in [4.78, 5) is 11.5. The van der Waals surface area contributed by atoms with E-state index in [2.05, 4.69) is 11.7 Å². The number of furan rings is 1. The maximum atomic E-state index is 14.0. The van der Waals surface area contributed by atoms with E-state index in [0.29, 0.717) is 5.39 Å². The van der Waals surface area contributed by atoms with Crippen molar-refractivity contribution in [2.45, 2.75) is 51.9 Å². The van der Waals surface area contributed by atoms with Crippen LogP contribution in [0.25, 0.3) is 11.0 Å². The Morgan fingerprint density at radius 1 is 1.14 bits per heavy atom. The summed E-state index contributed by atoms with van der Waals surface area (Å²) in [7, 11) is 1.28. The highest BCUT2D eigenvalue weighted by Crippen LogP contribution is 2.25. The highest BCUT2D eigenvalue weighted by Gasteiger charge is 2.14. The number of benzene rings is 1. The molecule has 0 aliphatic rings. The fourth-order valence-electron chi connectivity index (χ4n) is 2.60. The minimum Gasteiger partial charge on any atom is -0.465 e. The summed E-state index contributed by atoms with van der Waals surface area (Å²) in [6.07, 6.45) is 8.02. The first kappa shape index (κ1) is 16.5. The molecular formula is C18H23FO3. The van der Waals surface area contributed by atoms with Gasteiger partial charge in [-0.05, 0) is 24.6 Å². The number of rotatable bonds is 8. The Kier molecular flexibility index (Phi) is 5.99. The van der Waals surface area contributed by atoms with Gasteiger partial charge in [0.05, 0.1) is 12.7 Å². The van der Waals surface area contributed by atoms with E-state index in [-0.39, 0.29) is 11.1 Å². The van der Waals surface area contributed by atoms with E-state index < -0.39 is 11.8 Å². The number of carbonyl (C=O) groups excluding carboxylic acids is 1. The molecule has 0 aliphatic heterocycles. The van der Waals surface area contributed by atoms with Crippen molar-refractivity contribution in [3.8, 4) is 0 Å². The van der Waals surface area contributed by atoms with Crippen LogP contribution in [0, 0.1) is 5.82 Å². The Morgan fingerprint density at radius 3 is 2.59 bits per heavy atom. The Bertz CT molecular complexity index is 631. The molecule has 0 atom stereocenters. The highest BCUT2D eigenvalue weighted by atomic mass is 19.1. The van der Waals surface area contributed by atoms with Crippen LogP contribution >= 0.6 is 0 Å². The van der Waals surface area contributed by atoms with Crippen molar-refractivity contribution >= 4 is 16.9 Å². The third-order valence-electron chi connectivity index (χ3n) is 3.82. The van der Waals surface area contributed by atoms with E-state index >= 15 is 0 Å². The zero-order valence-electron chi connectivity index (χ0n) is 13.3. The maximum absolute atomic E-state index is 14.0. The van der Waals surface area contributed by atoms with Gasteiger partial charge in [0.1, 0.15) is 5.76 Å². The zero-order chi connectivity index (χ0) is 15.9. The van der Waals surface area contributed by atoms with E-state index in [0.717, 1.165) is 31.1 Å². The number of unbranched alkanes of at least 4 members (excludes halogenated alkanes) is 5. The summed E-state index contributed by atoms with van der Waals surface area (Å²) < 4.78 is 24.2. The van der Waals surface area contributed by atoms with Gasteiger partial charge in [-0.15, -0.1) is 0 Å². The fourth-order valence-corrected chi connectivity index (χ4v) is 2.60. The van der Waals surface area contributed by atoms with Crippen molar-refractivity contribution in [1.29, 1.82) is 0 Å². The number of methoxy groups -OCH3 is 1. The number of ether oxygens (including phenoxy) is 1. The highest BCUT2D eigenvalue weighted by molar-refractivity contribution is 5.94. The molecule has 0 N–H and O–H groups in total. The normalized spacial score (nSPS) is 11.0. The van der Waals surface area contributed by atoms with Crippen LogP contribution in [0.5, 0.6) is 0 Å². The molecule has 4 heteroatoms. The van der Waals surface area contributed by atoms with Crippen molar-refractivity contribution in [3.05, 3.63) is 35.3 Å². The van der Waals surface area contributed by atoms with E-state index in [1.165, 1.54) is 32.8 Å². The van der Waals surface area contributed by atoms with Crippen LogP contribution in [-0.4, -0.2) is 13.1 Å². The van der Waals surface area contributed by atoms with Gasteiger partial charge in [0.2, 0.25) is 0 Å². The first-order valence-corrected chi connectivity index (χ1v) is 7.96. The second kappa shape index (κ2) is 7.97. The predicted octanol–water partition coefficient (Wildman–Crippen LogP) is 5.26. The van der Waals surface area contributed by atoms with Gasteiger partial charge in [-0.25, -0.2) is 9.18 Å². The fraction of sp³-hybridized carbons (Fsp3) is 0.500. The number of hydrogen-bond donors (Lipinski definition) is 0. The van der Waals surface area contributed by atoms with Crippen molar-refractivity contribution in [2.24, 2.45) is 0 Å². The summed E-state index contributed by atoms with van der Waals surface area (Å²) in [5.74, 6) is -0.294. The van der Waals surface area contributed by atoms with Crippen LogP contribution in [0.4, 0.5) is 4.39 Å². The number of hydrogen-bond acceptors (Lipinski definition) is 3. The lowest BCUT2D eigenvalue weighted by Crippen LogP contribution is -2.01. The average molecular weight is 306 g/mol. The van der Waals surface area contributed by atoms with Crippen LogP contribution in [0.15, 0.2) is 22.6 Å². The lowest BCUT2D eigenvalue weighted by molar-refractivity contribution is 0.0600. The molecule has 0 saturated heterocycles. The number of fused-ring (bicyclic) bond motifs is 1. The Morgan fingerprint density at radius 2 is 1.86 bits per heavy atom. The molecule has 0 unspecified atom stereocenters. The summed E-state index contributed by atoms with van der Waals surface area (Å²) in [6, 6.07) is 4.58. The van der Waals surface area contributed by atoms with E-state index in [4.69, 9.17) is 4.42 Å². The van der Waals surface area contributed by atoms with Gasteiger partial charge in [0.15, 0.2) is 11.4 Å². The lowest BCUT2D eigenvalue weighted by Gasteiger charge is -1.99. The largest absolute Gasteiger partial charge is 0.465 e. The molecule has 0 aliphatic carbocycles. The van der Waals surface area contributed by atoms with Gasteiger partial charge in [-0.2, -0.15) is 0 Å². The van der Waals surface area contributed by atoms with Gasteiger partial charge in [-0.3, -0.25) is 0 Å². The minimum atomic E-state index is -0.542. The summed E-state index contributed by atoms with van der Waals surface area (Å²) >= 11 is 0. The molecule has 3 nitrogen and oxygen atoms in total. The van der Waals surface area contributed by atoms with Crippen molar-refractivity contribution < 1.29 is 18.3 Å². The minimum absolute atomic E-state index is 0.208. The molecule has 120 valence electrons. The van der Waals surface area contributed by atoms with Crippen LogP contribution in [0.1, 0.15) is 61.6 Å². The SMILES string of the molecule is CCCCCCCCc1cc2cc(C(=O)OC)cc(F)c2o1. The molecule has 1 aromatic heterocycles. The molecule has 0 bridgehead atoms. The van der Waals surface area contributed by atoms with Crippen molar-refractivity contribution in [1.82, 2.24) is 0 Å². The smallest absolute Gasteiger partial charge is 0.337 e. The summed E-state index contributed by atoms with van der Waals surface area (Å²) in [6.45, 7) is 2.20. The van der Waals surface area contributed by atoms with Crippen molar-refractivity contribution in [2.75, 3.05) is 7.11 Å². The summed E-state index contributed by atoms with van der Waals surface area (Å²) in [5.41, 5.74) is 0.424. The first-order valence-electron chi connectivity index (χ1n) is 7.96. The molecule has 1 heterocycles. The molecule has 0 saturated carbocycles. The van der Waals surface area contributed by atoms with Gasteiger partial charge in [0, 0.05) is 11.8 Å². The van der Waals surface area contributed by atoms with E-state index in [1.54, 1.807) is 6.07 Å².